The third-order valence-corrected chi connectivity index (χ3v) is 5.99. The number of imidazole rings is 1. The van der Waals surface area contributed by atoms with Gasteiger partial charge >= 0.3 is 5.69 Å². The fourth-order valence-corrected chi connectivity index (χ4v) is 4.42. The van der Waals surface area contributed by atoms with Crippen molar-refractivity contribution in [2.24, 2.45) is 7.05 Å². The molecule has 7 nitrogen and oxygen atoms in total. The minimum absolute atomic E-state index is 0.0343. The van der Waals surface area contributed by atoms with Gasteiger partial charge in [-0.1, -0.05) is 0 Å². The summed E-state index contributed by atoms with van der Waals surface area (Å²) in [6, 6.07) is 5.77. The molecule has 5 rings (SSSR count). The Hall–Kier alpha value is -3.17. The molecule has 0 bridgehead atoms. The maximum absolute atomic E-state index is 15.0. The van der Waals surface area contributed by atoms with Crippen molar-refractivity contribution >= 4 is 21.9 Å². The van der Waals surface area contributed by atoms with Gasteiger partial charge in [0.2, 0.25) is 5.95 Å². The van der Waals surface area contributed by atoms with Crippen molar-refractivity contribution in [3.63, 3.8) is 0 Å². The zero-order valence-electron chi connectivity index (χ0n) is 17.8. The predicted octanol–water partition coefficient (Wildman–Crippen LogP) is 3.73. The van der Waals surface area contributed by atoms with Crippen LogP contribution >= 0.6 is 0 Å². The first-order chi connectivity index (χ1) is 15.5. The van der Waals surface area contributed by atoms with Crippen LogP contribution in [0.1, 0.15) is 24.6 Å². The van der Waals surface area contributed by atoms with Crippen molar-refractivity contribution in [3.05, 3.63) is 58.4 Å². The molecule has 1 aromatic carbocycles. The summed E-state index contributed by atoms with van der Waals surface area (Å²) in [5.41, 5.74) is 1.97. The van der Waals surface area contributed by atoms with Gasteiger partial charge in [-0.3, -0.25) is 14.1 Å². The molecule has 0 amide bonds. The molecule has 166 valence electrons. The van der Waals surface area contributed by atoms with Crippen molar-refractivity contribution in [1.82, 2.24) is 19.1 Å². The van der Waals surface area contributed by atoms with E-state index in [-0.39, 0.29) is 29.5 Å². The highest BCUT2D eigenvalue weighted by Crippen LogP contribution is 2.33. The molecule has 0 saturated carbocycles. The van der Waals surface area contributed by atoms with Gasteiger partial charge in [0.25, 0.3) is 0 Å². The number of hydrogen-bond donors (Lipinski definition) is 0. The molecule has 0 unspecified atom stereocenters. The summed E-state index contributed by atoms with van der Waals surface area (Å²) < 4.78 is 43.6. The van der Waals surface area contributed by atoms with Crippen molar-refractivity contribution < 1.29 is 18.3 Å². The van der Waals surface area contributed by atoms with Gasteiger partial charge in [0.15, 0.2) is 0 Å². The topological polar surface area (TPSA) is 71.2 Å². The summed E-state index contributed by atoms with van der Waals surface area (Å²) in [6.45, 7) is 1.25. The first-order valence-corrected chi connectivity index (χ1v) is 10.4. The molecular weight excluding hydrogens is 418 g/mol. The van der Waals surface area contributed by atoms with Gasteiger partial charge in [-0.25, -0.2) is 14.2 Å². The lowest BCUT2D eigenvalue weighted by molar-refractivity contribution is 0.0593. The van der Waals surface area contributed by atoms with Gasteiger partial charge in [0.05, 0.1) is 47.7 Å². The van der Waals surface area contributed by atoms with Gasteiger partial charge in [-0.05, 0) is 31.0 Å². The number of pyridine rings is 2. The molecule has 0 radical (unpaired) electrons. The third-order valence-electron chi connectivity index (χ3n) is 5.99. The summed E-state index contributed by atoms with van der Waals surface area (Å²) in [4.78, 5) is 21.3. The number of aromatic nitrogens is 4. The van der Waals surface area contributed by atoms with Crippen LogP contribution in [0.3, 0.4) is 0 Å². The fourth-order valence-electron chi connectivity index (χ4n) is 4.42. The van der Waals surface area contributed by atoms with E-state index >= 15 is 4.39 Å². The Labute approximate surface area is 182 Å². The summed E-state index contributed by atoms with van der Waals surface area (Å²) in [5.74, 6) is -1.40. The lowest BCUT2D eigenvalue weighted by Gasteiger charge is -2.23. The second-order valence-electron chi connectivity index (χ2n) is 8.00. The van der Waals surface area contributed by atoms with Gasteiger partial charge in [-0.15, -0.1) is 0 Å². The smallest absolute Gasteiger partial charge is 0.329 e. The van der Waals surface area contributed by atoms with E-state index in [0.29, 0.717) is 40.8 Å². The molecule has 4 heterocycles. The van der Waals surface area contributed by atoms with E-state index in [2.05, 4.69) is 9.97 Å². The van der Waals surface area contributed by atoms with E-state index in [1.165, 1.54) is 23.8 Å². The minimum atomic E-state index is -0.788. The molecule has 1 aliphatic rings. The van der Waals surface area contributed by atoms with Crippen molar-refractivity contribution in [2.45, 2.75) is 25.5 Å². The van der Waals surface area contributed by atoms with E-state index in [1.807, 2.05) is 0 Å². The van der Waals surface area contributed by atoms with Crippen LogP contribution in [0.25, 0.3) is 33.1 Å². The zero-order valence-corrected chi connectivity index (χ0v) is 17.8. The van der Waals surface area contributed by atoms with Crippen LogP contribution in [0.4, 0.5) is 8.78 Å². The monoisotopic (exact) mass is 440 g/mol. The maximum atomic E-state index is 15.0. The van der Waals surface area contributed by atoms with Crippen LogP contribution in [0.5, 0.6) is 0 Å². The van der Waals surface area contributed by atoms with Crippen molar-refractivity contribution in [3.8, 4) is 11.1 Å². The van der Waals surface area contributed by atoms with E-state index in [9.17, 15) is 9.18 Å². The lowest BCUT2D eigenvalue weighted by atomic mass is 10.0. The molecule has 1 saturated heterocycles. The molecule has 1 aliphatic heterocycles. The molecule has 4 aromatic rings. The quantitative estimate of drug-likeness (QED) is 0.453. The number of halogens is 2. The second kappa shape index (κ2) is 8.07. The zero-order chi connectivity index (χ0) is 22.4. The predicted molar refractivity (Wildman–Crippen MR) is 115 cm³/mol. The summed E-state index contributed by atoms with van der Waals surface area (Å²) in [7, 11) is 3.17. The van der Waals surface area contributed by atoms with Crippen molar-refractivity contribution in [1.29, 1.82) is 0 Å². The molecule has 0 N–H and O–H groups in total. The van der Waals surface area contributed by atoms with Crippen LogP contribution in [0, 0.1) is 11.8 Å². The van der Waals surface area contributed by atoms with Crippen LogP contribution in [-0.2, 0) is 23.1 Å². The largest absolute Gasteiger partial charge is 0.379 e. The number of rotatable bonds is 4. The van der Waals surface area contributed by atoms with Gasteiger partial charge in [-0.2, -0.15) is 4.39 Å². The average molecular weight is 440 g/mol. The Bertz CT molecular complexity index is 1390. The molecule has 3 aromatic heterocycles. The van der Waals surface area contributed by atoms with E-state index in [1.54, 1.807) is 29.9 Å². The van der Waals surface area contributed by atoms with Gasteiger partial charge in [0.1, 0.15) is 5.82 Å². The van der Waals surface area contributed by atoms with Crippen LogP contribution < -0.4 is 5.69 Å². The number of aryl methyl sites for hydroxylation is 1. The summed E-state index contributed by atoms with van der Waals surface area (Å²) in [6.07, 6.45) is 3.22. The molecule has 9 heteroatoms. The second-order valence-corrected chi connectivity index (χ2v) is 8.00. The fraction of sp³-hybridized carbons (Fsp3) is 0.348. The number of ether oxygens (including phenoxy) is 2. The summed E-state index contributed by atoms with van der Waals surface area (Å²) >= 11 is 0. The van der Waals surface area contributed by atoms with E-state index in [4.69, 9.17) is 9.47 Å². The highest BCUT2D eigenvalue weighted by atomic mass is 19.1. The van der Waals surface area contributed by atoms with Gasteiger partial charge in [0, 0.05) is 43.3 Å². The highest BCUT2D eigenvalue weighted by Gasteiger charge is 2.24. The van der Waals surface area contributed by atoms with Crippen LogP contribution in [-0.4, -0.2) is 39.4 Å². The van der Waals surface area contributed by atoms with Crippen molar-refractivity contribution in [2.75, 3.05) is 20.3 Å². The molecule has 1 atom stereocenters. The Morgan fingerprint density at radius 3 is 2.81 bits per heavy atom. The standard InChI is InChI=1S/C23H22F2N4O3/c1-28-20-10-26-19-9-18(24)16(15-6-5-13(11-31-2)27-22(15)25)8-17(19)21(20)29(23(28)30)14-4-3-7-32-12-14/h5-6,8-10,14H,3-4,7,11-12H2,1-2H3/t14-/m0/s1. The maximum Gasteiger partial charge on any atom is 0.329 e. The Kier molecular flexibility index (Phi) is 5.22. The highest BCUT2D eigenvalue weighted by molar-refractivity contribution is 6.04. The first-order valence-electron chi connectivity index (χ1n) is 10.4. The number of fused-ring (bicyclic) bond motifs is 3. The Balaban J connectivity index is 1.77. The minimum Gasteiger partial charge on any atom is -0.379 e. The third kappa shape index (κ3) is 3.28. The number of methoxy groups -OCH3 is 1. The SMILES string of the molecule is COCc1ccc(-c2cc3c(cc2F)ncc2c3n([C@H]3CCCOC3)c(=O)n2C)c(F)n1. The number of benzene rings is 1. The molecule has 0 aliphatic carbocycles. The van der Waals surface area contributed by atoms with Crippen LogP contribution in [0.15, 0.2) is 35.3 Å². The molecule has 0 spiro atoms. The van der Waals surface area contributed by atoms with E-state index < -0.39 is 11.8 Å². The molecular formula is C23H22F2N4O3. The molecule has 1 fully saturated rings. The molecule has 32 heavy (non-hydrogen) atoms. The first kappa shape index (κ1) is 20.7. The normalized spacial score (nSPS) is 16.8. The van der Waals surface area contributed by atoms with Gasteiger partial charge < -0.3 is 9.47 Å². The Morgan fingerprint density at radius 2 is 2.09 bits per heavy atom. The average Bonchev–Trinajstić information content (AvgIpc) is 3.05. The summed E-state index contributed by atoms with van der Waals surface area (Å²) in [5, 5.41) is 0.572. The Morgan fingerprint density at radius 1 is 1.25 bits per heavy atom. The van der Waals surface area contributed by atoms with Crippen LogP contribution in [0.2, 0.25) is 0 Å². The number of nitrogens with zero attached hydrogens (tertiary/aromatic N) is 4. The number of hydrogen-bond acceptors (Lipinski definition) is 5. The lowest BCUT2D eigenvalue weighted by Crippen LogP contribution is -2.31. The van der Waals surface area contributed by atoms with E-state index in [0.717, 1.165) is 12.8 Å².